The van der Waals surface area contributed by atoms with Crippen LogP contribution in [-0.2, 0) is 16.0 Å². The number of nitrogens with one attached hydrogen (secondary N) is 1. The first-order chi connectivity index (χ1) is 20.9. The van der Waals surface area contributed by atoms with Gasteiger partial charge in [0.25, 0.3) is 0 Å². The zero-order valence-corrected chi connectivity index (χ0v) is 25.5. The van der Waals surface area contributed by atoms with Crippen molar-refractivity contribution in [2.45, 2.75) is 25.4 Å². The van der Waals surface area contributed by atoms with Crippen LogP contribution < -0.4 is 5.32 Å². The second kappa shape index (κ2) is 13.4. The van der Waals surface area contributed by atoms with Gasteiger partial charge in [0.05, 0.1) is 11.8 Å². The number of likely N-dealkylation sites (tertiary alicyclic amines) is 1. The molecule has 2 aliphatic rings. The van der Waals surface area contributed by atoms with E-state index in [9.17, 15) is 14.3 Å². The third-order valence-electron chi connectivity index (χ3n) is 8.11. The molecule has 2 aliphatic heterocycles. The standard InChI is InChI=1S/C33H35BrFN5O3/c34-25-4-9-28(10-5-25)40-20-31(33(37-40)24-1-6-26(35)7-2-24)30-19-27(36-14-18-38-15-12-29(41)13-16-38)8-3-23(30)11-17-39-22-43-21-32(39)42/h1-10,19-20,29,36,41H,11-18,21-22H2. The number of aromatic nitrogens is 2. The smallest absolute Gasteiger partial charge is 0.250 e. The van der Waals surface area contributed by atoms with Gasteiger partial charge in [-0.05, 0) is 91.1 Å². The number of halogens is 2. The van der Waals surface area contributed by atoms with Gasteiger partial charge in [-0.15, -0.1) is 0 Å². The normalized spacial score (nSPS) is 16.3. The minimum atomic E-state index is -0.301. The number of nitrogens with zero attached hydrogens (tertiary/aromatic N) is 4. The molecule has 0 saturated carbocycles. The number of ether oxygens (including phenoxy) is 1. The summed E-state index contributed by atoms with van der Waals surface area (Å²) in [6.45, 7) is 4.46. The predicted molar refractivity (Wildman–Crippen MR) is 169 cm³/mol. The van der Waals surface area contributed by atoms with Crippen molar-refractivity contribution in [3.8, 4) is 28.1 Å². The highest BCUT2D eigenvalue weighted by Crippen LogP contribution is 2.36. The summed E-state index contributed by atoms with van der Waals surface area (Å²) in [6, 6.07) is 20.7. The van der Waals surface area contributed by atoms with E-state index < -0.39 is 0 Å². The Kier molecular flexibility index (Phi) is 9.18. The van der Waals surface area contributed by atoms with Crippen molar-refractivity contribution in [2.75, 3.05) is 51.4 Å². The predicted octanol–water partition coefficient (Wildman–Crippen LogP) is 5.34. The largest absolute Gasteiger partial charge is 0.393 e. The number of rotatable bonds is 10. The lowest BCUT2D eigenvalue weighted by Gasteiger charge is -2.29. The van der Waals surface area contributed by atoms with Crippen molar-refractivity contribution in [2.24, 2.45) is 0 Å². The molecule has 0 atom stereocenters. The molecule has 1 amide bonds. The Labute approximate surface area is 259 Å². The van der Waals surface area contributed by atoms with Crippen LogP contribution >= 0.6 is 15.9 Å². The van der Waals surface area contributed by atoms with Crippen LogP contribution in [0.4, 0.5) is 10.1 Å². The summed E-state index contributed by atoms with van der Waals surface area (Å²) in [6.07, 6.45) is 4.12. The van der Waals surface area contributed by atoms with Crippen LogP contribution in [-0.4, -0.2) is 82.8 Å². The summed E-state index contributed by atoms with van der Waals surface area (Å²) in [4.78, 5) is 16.4. The maximum absolute atomic E-state index is 13.9. The van der Waals surface area contributed by atoms with Crippen LogP contribution in [0.15, 0.2) is 77.4 Å². The number of hydrogen-bond donors (Lipinski definition) is 2. The molecule has 8 nitrogen and oxygen atoms in total. The summed E-state index contributed by atoms with van der Waals surface area (Å²) in [5.74, 6) is -0.301. The Hall–Kier alpha value is -3.57. The lowest BCUT2D eigenvalue weighted by atomic mass is 9.95. The van der Waals surface area contributed by atoms with Crippen LogP contribution in [0.3, 0.4) is 0 Å². The average Bonchev–Trinajstić information content (AvgIpc) is 3.64. The van der Waals surface area contributed by atoms with Gasteiger partial charge in [0.2, 0.25) is 5.91 Å². The topological polar surface area (TPSA) is 82.9 Å². The Morgan fingerprint density at radius 1 is 1.00 bits per heavy atom. The van der Waals surface area contributed by atoms with E-state index in [1.54, 1.807) is 17.0 Å². The first-order valence-electron chi connectivity index (χ1n) is 14.7. The van der Waals surface area contributed by atoms with Crippen LogP contribution in [0.5, 0.6) is 0 Å². The molecule has 43 heavy (non-hydrogen) atoms. The van der Waals surface area contributed by atoms with Crippen LogP contribution in [0.2, 0.25) is 0 Å². The number of carbonyl (C=O) groups is 1. The molecule has 2 fully saturated rings. The number of carbonyl (C=O) groups excluding carboxylic acids is 1. The fourth-order valence-corrected chi connectivity index (χ4v) is 5.89. The third kappa shape index (κ3) is 7.15. The number of amides is 1. The average molecular weight is 649 g/mol. The van der Waals surface area contributed by atoms with Gasteiger partial charge in [0.15, 0.2) is 0 Å². The van der Waals surface area contributed by atoms with E-state index in [4.69, 9.17) is 9.84 Å². The molecule has 6 rings (SSSR count). The van der Waals surface area contributed by atoms with Gasteiger partial charge in [0.1, 0.15) is 24.8 Å². The maximum atomic E-state index is 13.9. The highest BCUT2D eigenvalue weighted by Gasteiger charge is 2.23. The molecule has 4 aromatic rings. The van der Waals surface area contributed by atoms with Crippen LogP contribution in [0.25, 0.3) is 28.1 Å². The van der Waals surface area contributed by atoms with Crippen molar-refractivity contribution in [3.63, 3.8) is 0 Å². The van der Waals surface area contributed by atoms with E-state index in [1.807, 2.05) is 35.1 Å². The molecule has 2 saturated heterocycles. The number of anilines is 1. The molecule has 0 spiro atoms. The Bertz CT molecular complexity index is 1550. The van der Waals surface area contributed by atoms with E-state index in [1.165, 1.54) is 12.1 Å². The van der Waals surface area contributed by atoms with Crippen molar-refractivity contribution in [1.29, 1.82) is 0 Å². The van der Waals surface area contributed by atoms with Gasteiger partial charge in [-0.2, -0.15) is 5.10 Å². The zero-order valence-electron chi connectivity index (χ0n) is 23.9. The van der Waals surface area contributed by atoms with Crippen molar-refractivity contribution < 1.29 is 19.0 Å². The highest BCUT2D eigenvalue weighted by atomic mass is 79.9. The van der Waals surface area contributed by atoms with Gasteiger partial charge in [-0.1, -0.05) is 22.0 Å². The molecule has 0 aliphatic carbocycles. The summed E-state index contributed by atoms with van der Waals surface area (Å²) >= 11 is 3.51. The fraction of sp³-hybridized carbons (Fsp3) is 0.333. The minimum absolute atomic E-state index is 0.000118. The molecule has 0 bridgehead atoms. The lowest BCUT2D eigenvalue weighted by molar-refractivity contribution is -0.126. The third-order valence-corrected chi connectivity index (χ3v) is 8.64. The number of piperidine rings is 1. The number of aliphatic hydroxyl groups excluding tert-OH is 1. The molecular formula is C33H35BrFN5O3. The Morgan fingerprint density at radius 3 is 2.49 bits per heavy atom. The molecule has 1 aromatic heterocycles. The van der Waals surface area contributed by atoms with Gasteiger partial charge in [-0.25, -0.2) is 9.07 Å². The second-order valence-corrected chi connectivity index (χ2v) is 12.0. The van der Waals surface area contributed by atoms with Gasteiger partial charge in [0, 0.05) is 60.2 Å². The second-order valence-electron chi connectivity index (χ2n) is 11.1. The van der Waals surface area contributed by atoms with E-state index in [0.29, 0.717) is 19.7 Å². The van der Waals surface area contributed by atoms with Crippen LogP contribution in [0.1, 0.15) is 18.4 Å². The minimum Gasteiger partial charge on any atom is -0.393 e. The molecule has 0 radical (unpaired) electrons. The molecule has 0 unspecified atom stereocenters. The maximum Gasteiger partial charge on any atom is 0.250 e. The Morgan fingerprint density at radius 2 is 1.77 bits per heavy atom. The zero-order chi connectivity index (χ0) is 29.8. The first kappa shape index (κ1) is 29.5. The Balaban J connectivity index is 1.35. The van der Waals surface area contributed by atoms with Gasteiger partial charge in [-0.3, -0.25) is 4.79 Å². The first-order valence-corrected chi connectivity index (χ1v) is 15.5. The number of hydrogen-bond acceptors (Lipinski definition) is 6. The fourth-order valence-electron chi connectivity index (χ4n) is 5.63. The summed E-state index contributed by atoms with van der Waals surface area (Å²) in [5, 5.41) is 18.4. The highest BCUT2D eigenvalue weighted by molar-refractivity contribution is 9.10. The SMILES string of the molecule is O=C1COCN1CCc1ccc(NCCN2CCC(O)CC2)cc1-c1cn(-c2ccc(Br)cc2)nc1-c1ccc(F)cc1. The molecule has 3 heterocycles. The van der Waals surface area contributed by atoms with Gasteiger partial charge >= 0.3 is 0 Å². The van der Waals surface area contributed by atoms with E-state index in [2.05, 4.69) is 44.3 Å². The quantitative estimate of drug-likeness (QED) is 0.242. The molecular weight excluding hydrogens is 613 g/mol. The molecule has 10 heteroatoms. The number of aliphatic hydroxyl groups is 1. The van der Waals surface area contributed by atoms with Crippen molar-refractivity contribution >= 4 is 27.5 Å². The molecule has 3 aromatic carbocycles. The molecule has 224 valence electrons. The van der Waals surface area contributed by atoms with E-state index >= 15 is 0 Å². The van der Waals surface area contributed by atoms with Crippen LogP contribution in [0, 0.1) is 5.82 Å². The lowest BCUT2D eigenvalue weighted by Crippen LogP contribution is -2.38. The summed E-state index contributed by atoms with van der Waals surface area (Å²) < 4.78 is 22.1. The number of benzene rings is 3. The van der Waals surface area contributed by atoms with Crippen molar-refractivity contribution in [1.82, 2.24) is 19.6 Å². The van der Waals surface area contributed by atoms with Crippen molar-refractivity contribution in [3.05, 3.63) is 88.8 Å². The summed E-state index contributed by atoms with van der Waals surface area (Å²) in [7, 11) is 0. The van der Waals surface area contributed by atoms with E-state index in [-0.39, 0.29) is 24.4 Å². The molecule has 2 N–H and O–H groups in total. The van der Waals surface area contributed by atoms with Gasteiger partial charge < -0.3 is 25.0 Å². The monoisotopic (exact) mass is 647 g/mol. The van der Waals surface area contributed by atoms with E-state index in [0.717, 1.165) is 82.8 Å². The summed E-state index contributed by atoms with van der Waals surface area (Å²) in [5.41, 5.74) is 6.44.